The monoisotopic (exact) mass is 533 g/mol. The molecule has 1 amide bonds. The van der Waals surface area contributed by atoms with Crippen molar-refractivity contribution in [2.24, 2.45) is 0 Å². The zero-order chi connectivity index (χ0) is 25.5. The van der Waals surface area contributed by atoms with E-state index in [9.17, 15) is 4.79 Å². The molecule has 1 aliphatic rings. The van der Waals surface area contributed by atoms with Gasteiger partial charge in [-0.15, -0.1) is 0 Å². The maximum absolute atomic E-state index is 13.7. The summed E-state index contributed by atoms with van der Waals surface area (Å²) in [7, 11) is 0. The number of nitrogens with zero attached hydrogens (tertiary/aromatic N) is 7. The molecule has 1 aliphatic heterocycles. The van der Waals surface area contributed by atoms with Crippen LogP contribution in [0, 0.1) is 6.92 Å². The lowest BCUT2D eigenvalue weighted by Gasteiger charge is -2.36. The maximum atomic E-state index is 13.7. The normalized spacial score (nSPS) is 13.9. The number of carbonyl (C=O) groups is 1. The standard InChI is InChI=1S/C26H21Cl2N7O2/c1-16-21(23(32-37-16)22-19(27)8-5-9-20(22)28)25(36)34-12-10-33(11-13-34)24-18(17-6-3-2-4-7-17)14-29-26-30-15-31-35(24)26/h2-9,14-15H,10-13H2,1H3. The average Bonchev–Trinajstić information content (AvgIpc) is 3.55. The molecule has 3 aromatic heterocycles. The van der Waals surface area contributed by atoms with E-state index in [4.69, 9.17) is 27.7 Å². The van der Waals surface area contributed by atoms with E-state index in [1.54, 1.807) is 34.5 Å². The van der Waals surface area contributed by atoms with Crippen LogP contribution >= 0.6 is 23.2 Å². The number of hydrogen-bond donors (Lipinski definition) is 0. The van der Waals surface area contributed by atoms with Crippen LogP contribution in [0.5, 0.6) is 0 Å². The molecular formula is C26H21Cl2N7O2. The SMILES string of the molecule is Cc1onc(-c2c(Cl)cccc2Cl)c1C(=O)N1CCN(c2c(-c3ccccc3)cnc3ncnn23)CC1. The fraction of sp³-hybridized carbons (Fsp3) is 0.192. The molecule has 0 spiro atoms. The van der Waals surface area contributed by atoms with Crippen LogP contribution in [0.4, 0.5) is 5.82 Å². The second-order valence-electron chi connectivity index (χ2n) is 8.67. The third kappa shape index (κ3) is 4.10. The lowest BCUT2D eigenvalue weighted by molar-refractivity contribution is 0.0745. The van der Waals surface area contributed by atoms with Gasteiger partial charge in [-0.2, -0.15) is 14.6 Å². The summed E-state index contributed by atoms with van der Waals surface area (Å²) in [5.74, 6) is 1.66. The fourth-order valence-corrected chi connectivity index (χ4v) is 5.27. The molecule has 186 valence electrons. The Morgan fingerprint density at radius 1 is 0.946 bits per heavy atom. The first kappa shape index (κ1) is 23.4. The molecule has 11 heteroatoms. The van der Waals surface area contributed by atoms with Crippen molar-refractivity contribution < 1.29 is 9.32 Å². The molecule has 0 unspecified atom stereocenters. The molecule has 0 atom stereocenters. The van der Waals surface area contributed by atoms with Gasteiger partial charge >= 0.3 is 0 Å². The van der Waals surface area contributed by atoms with Gasteiger partial charge in [0.25, 0.3) is 11.7 Å². The van der Waals surface area contributed by atoms with E-state index in [0.717, 1.165) is 16.9 Å². The minimum atomic E-state index is -0.173. The summed E-state index contributed by atoms with van der Waals surface area (Å²) < 4.78 is 7.17. The van der Waals surface area contributed by atoms with E-state index in [1.165, 1.54) is 6.33 Å². The molecule has 1 fully saturated rings. The largest absolute Gasteiger partial charge is 0.360 e. The van der Waals surface area contributed by atoms with Gasteiger partial charge < -0.3 is 14.3 Å². The van der Waals surface area contributed by atoms with Crippen molar-refractivity contribution in [2.45, 2.75) is 6.92 Å². The molecule has 0 bridgehead atoms. The topological polar surface area (TPSA) is 92.7 Å². The van der Waals surface area contributed by atoms with Crippen LogP contribution in [-0.2, 0) is 0 Å². The Balaban J connectivity index is 1.30. The number of hydrogen-bond acceptors (Lipinski definition) is 7. The van der Waals surface area contributed by atoms with Crippen LogP contribution < -0.4 is 4.90 Å². The molecule has 0 N–H and O–H groups in total. The van der Waals surface area contributed by atoms with Gasteiger partial charge in [0.1, 0.15) is 29.2 Å². The van der Waals surface area contributed by atoms with Crippen LogP contribution in [0.15, 0.2) is 65.6 Å². The number of anilines is 1. The molecule has 0 radical (unpaired) electrons. The van der Waals surface area contributed by atoms with Crippen molar-refractivity contribution in [3.05, 3.63) is 82.4 Å². The number of aromatic nitrogens is 5. The first-order valence-electron chi connectivity index (χ1n) is 11.7. The lowest BCUT2D eigenvalue weighted by Crippen LogP contribution is -2.49. The third-order valence-corrected chi connectivity index (χ3v) is 7.14. The van der Waals surface area contributed by atoms with E-state index in [-0.39, 0.29) is 5.91 Å². The maximum Gasteiger partial charge on any atom is 0.259 e. The number of piperazine rings is 1. The highest BCUT2D eigenvalue weighted by Gasteiger charge is 2.31. The summed E-state index contributed by atoms with van der Waals surface area (Å²) in [5, 5.41) is 9.37. The smallest absolute Gasteiger partial charge is 0.259 e. The summed E-state index contributed by atoms with van der Waals surface area (Å²) >= 11 is 12.8. The predicted molar refractivity (Wildman–Crippen MR) is 141 cm³/mol. The zero-order valence-corrected chi connectivity index (χ0v) is 21.3. The van der Waals surface area contributed by atoms with Gasteiger partial charge in [0.2, 0.25) is 0 Å². The van der Waals surface area contributed by atoms with Crippen LogP contribution in [0.3, 0.4) is 0 Å². The molecule has 5 aromatic rings. The number of fused-ring (bicyclic) bond motifs is 1. The van der Waals surface area contributed by atoms with Crippen molar-refractivity contribution in [3.8, 4) is 22.4 Å². The van der Waals surface area contributed by atoms with Crippen LogP contribution in [0.2, 0.25) is 10.0 Å². The molecule has 2 aromatic carbocycles. The van der Waals surface area contributed by atoms with Gasteiger partial charge in [-0.3, -0.25) is 4.79 Å². The molecule has 0 saturated carbocycles. The van der Waals surface area contributed by atoms with Crippen molar-refractivity contribution in [1.29, 1.82) is 0 Å². The van der Waals surface area contributed by atoms with Crippen LogP contribution in [0.1, 0.15) is 16.1 Å². The van der Waals surface area contributed by atoms with E-state index in [0.29, 0.717) is 64.6 Å². The summed E-state index contributed by atoms with van der Waals surface area (Å²) in [6, 6.07) is 15.2. The second kappa shape index (κ2) is 9.49. The first-order chi connectivity index (χ1) is 18.0. The molecule has 1 saturated heterocycles. The Bertz CT molecular complexity index is 1590. The van der Waals surface area contributed by atoms with Crippen molar-refractivity contribution in [2.75, 3.05) is 31.1 Å². The molecule has 0 aliphatic carbocycles. The van der Waals surface area contributed by atoms with Gasteiger partial charge in [0.15, 0.2) is 0 Å². The van der Waals surface area contributed by atoms with Gasteiger partial charge in [-0.1, -0.05) is 64.8 Å². The highest BCUT2D eigenvalue weighted by molar-refractivity contribution is 6.39. The lowest BCUT2D eigenvalue weighted by atomic mass is 10.0. The molecule has 6 rings (SSSR count). The van der Waals surface area contributed by atoms with Crippen molar-refractivity contribution in [1.82, 2.24) is 29.6 Å². The number of amides is 1. The molecular weight excluding hydrogens is 513 g/mol. The van der Waals surface area contributed by atoms with E-state index in [1.807, 2.05) is 36.5 Å². The fourth-order valence-electron chi connectivity index (χ4n) is 4.69. The Morgan fingerprint density at radius 2 is 1.68 bits per heavy atom. The molecule has 4 heterocycles. The van der Waals surface area contributed by atoms with Crippen LogP contribution in [-0.4, -0.2) is 61.7 Å². The molecule has 9 nitrogen and oxygen atoms in total. The van der Waals surface area contributed by atoms with E-state index in [2.05, 4.69) is 25.1 Å². The van der Waals surface area contributed by atoms with Gasteiger partial charge in [-0.05, 0) is 24.6 Å². The summed E-state index contributed by atoms with van der Waals surface area (Å²) in [6.07, 6.45) is 3.32. The Kier molecular flexibility index (Phi) is 6.02. The highest BCUT2D eigenvalue weighted by atomic mass is 35.5. The highest BCUT2D eigenvalue weighted by Crippen LogP contribution is 2.37. The Labute approximate surface area is 222 Å². The second-order valence-corrected chi connectivity index (χ2v) is 9.49. The van der Waals surface area contributed by atoms with Crippen molar-refractivity contribution >= 4 is 40.7 Å². The Hall–Kier alpha value is -3.95. The Morgan fingerprint density at radius 3 is 2.41 bits per heavy atom. The summed E-state index contributed by atoms with van der Waals surface area (Å²) in [5.41, 5.74) is 3.19. The van der Waals surface area contributed by atoms with E-state index < -0.39 is 0 Å². The minimum absolute atomic E-state index is 0.173. The van der Waals surface area contributed by atoms with Gasteiger partial charge in [0, 0.05) is 43.5 Å². The number of carbonyl (C=O) groups excluding carboxylic acids is 1. The predicted octanol–water partition coefficient (Wildman–Crippen LogP) is 5.02. The number of aryl methyl sites for hydroxylation is 1. The third-order valence-electron chi connectivity index (χ3n) is 6.51. The summed E-state index contributed by atoms with van der Waals surface area (Å²) in [4.78, 5) is 26.4. The average molecular weight is 534 g/mol. The van der Waals surface area contributed by atoms with Gasteiger partial charge in [-0.25, -0.2) is 4.98 Å². The molecule has 37 heavy (non-hydrogen) atoms. The number of halogens is 2. The zero-order valence-electron chi connectivity index (χ0n) is 19.8. The quantitative estimate of drug-likeness (QED) is 0.320. The van der Waals surface area contributed by atoms with E-state index >= 15 is 0 Å². The first-order valence-corrected chi connectivity index (χ1v) is 12.5. The minimum Gasteiger partial charge on any atom is -0.360 e. The number of benzene rings is 2. The van der Waals surface area contributed by atoms with Crippen molar-refractivity contribution in [3.63, 3.8) is 0 Å². The number of rotatable bonds is 4. The van der Waals surface area contributed by atoms with Gasteiger partial charge in [0.05, 0.1) is 10.0 Å². The summed E-state index contributed by atoms with van der Waals surface area (Å²) in [6.45, 7) is 3.89. The van der Waals surface area contributed by atoms with Crippen LogP contribution in [0.25, 0.3) is 28.2 Å².